The zero-order chi connectivity index (χ0) is 32.9. The summed E-state index contributed by atoms with van der Waals surface area (Å²) in [5, 5.41) is 17.6. The minimum Gasteiger partial charge on any atom is -0.454 e. The maximum atomic E-state index is 14.2. The average Bonchev–Trinajstić information content (AvgIpc) is 3.78. The number of aliphatic hydroxyl groups is 1. The molecule has 0 radical (unpaired) electrons. The van der Waals surface area contributed by atoms with Gasteiger partial charge in [0.25, 0.3) is 0 Å². The lowest BCUT2D eigenvalue weighted by molar-refractivity contribution is -0.0907. The zero-order valence-electron chi connectivity index (χ0n) is 26.4. The third kappa shape index (κ3) is 8.34. The van der Waals surface area contributed by atoms with E-state index in [0.717, 1.165) is 5.56 Å². The number of fused-ring (bicyclic) bond motifs is 2. The summed E-state index contributed by atoms with van der Waals surface area (Å²) in [5.74, 6) is 0.684. The smallest absolute Gasteiger partial charge is 0.407 e. The number of nitroso groups, excluding NO2 is 1. The van der Waals surface area contributed by atoms with Crippen molar-refractivity contribution in [2.75, 3.05) is 33.1 Å². The molecule has 0 bridgehead atoms. The van der Waals surface area contributed by atoms with Crippen LogP contribution in [0.3, 0.4) is 0 Å². The van der Waals surface area contributed by atoms with Crippen LogP contribution in [0.15, 0.2) is 58.6 Å². The van der Waals surface area contributed by atoms with Crippen molar-refractivity contribution in [1.29, 1.82) is 0 Å². The predicted molar refractivity (Wildman–Crippen MR) is 167 cm³/mol. The van der Waals surface area contributed by atoms with E-state index in [1.165, 1.54) is 22.5 Å². The Bertz CT molecular complexity index is 1460. The number of aliphatic hydroxyl groups excluding tert-OH is 1. The van der Waals surface area contributed by atoms with Gasteiger partial charge in [-0.25, -0.2) is 13.2 Å². The maximum Gasteiger partial charge on any atom is 0.407 e. The Kier molecular flexibility index (Phi) is 10.8. The number of alkyl carbamates (subject to hydrolysis) is 1. The molecule has 2 fully saturated rings. The fraction of sp³-hybridized carbons (Fsp3) is 0.594. The van der Waals surface area contributed by atoms with Crippen LogP contribution in [0, 0.1) is 16.2 Å². The number of carbonyl (C=O) groups excluding carboxylic acids is 1. The summed E-state index contributed by atoms with van der Waals surface area (Å²) in [4.78, 5) is 24.2. The number of sulfonamides is 1. The first-order valence-electron chi connectivity index (χ1n) is 15.6. The first-order valence-corrected chi connectivity index (χ1v) is 17.0. The lowest BCUT2D eigenvalue weighted by atomic mass is 9.86. The van der Waals surface area contributed by atoms with Gasteiger partial charge in [0, 0.05) is 19.2 Å². The lowest BCUT2D eigenvalue weighted by Crippen LogP contribution is -2.52. The van der Waals surface area contributed by atoms with E-state index in [0.29, 0.717) is 37.4 Å². The highest BCUT2D eigenvalue weighted by Gasteiger charge is 2.44. The van der Waals surface area contributed by atoms with Crippen LogP contribution in [0.5, 0.6) is 11.5 Å². The third-order valence-corrected chi connectivity index (χ3v) is 10.5. The summed E-state index contributed by atoms with van der Waals surface area (Å²) in [6, 6.07) is 12.3. The largest absolute Gasteiger partial charge is 0.454 e. The quantitative estimate of drug-likeness (QED) is 0.268. The van der Waals surface area contributed by atoms with Gasteiger partial charge in [-0.15, -0.1) is 0 Å². The summed E-state index contributed by atoms with van der Waals surface area (Å²) >= 11 is 0. The molecule has 2 aromatic carbocycles. The van der Waals surface area contributed by atoms with Crippen molar-refractivity contribution < 1.29 is 42.0 Å². The van der Waals surface area contributed by atoms with Crippen molar-refractivity contribution in [3.8, 4) is 11.5 Å². The molecular formula is C32H43N3O10S. The Morgan fingerprint density at radius 1 is 1.15 bits per heavy atom. The number of nitrogens with one attached hydrogen (secondary N) is 1. The van der Waals surface area contributed by atoms with Gasteiger partial charge in [-0.05, 0) is 55.7 Å². The van der Waals surface area contributed by atoms with E-state index < -0.39 is 52.1 Å². The number of ether oxygens (including phenoxy) is 5. The van der Waals surface area contributed by atoms with Crippen LogP contribution in [0.1, 0.15) is 45.6 Å². The standard InChI is InChI=1S/C32H43N3O10S/c1-21(34-38)11-13-32(2,3)19-35(46(39,40)23-9-10-27-28(16-23)44-20-43-27)17-26(36)25(15-22-7-5-4-6-8-22)33-31(37)45-29-18-42-30-24(29)12-14-41-30/h4-10,16,21,24-26,29-30,36H,11-15,17-20H2,1-3H3,(H,33,37)/t21?,24-,25-,26+,29-,30+/m0/s1. The minimum absolute atomic E-state index is 0.0123. The molecule has 252 valence electrons. The first-order chi connectivity index (χ1) is 21.9. The molecule has 3 aliphatic rings. The van der Waals surface area contributed by atoms with Crippen LogP contribution in [0.2, 0.25) is 0 Å². The van der Waals surface area contributed by atoms with Gasteiger partial charge in [-0.2, -0.15) is 9.21 Å². The molecule has 3 heterocycles. The summed E-state index contributed by atoms with van der Waals surface area (Å²) in [7, 11) is -4.18. The molecule has 0 aromatic heterocycles. The molecule has 13 nitrogen and oxygen atoms in total. The highest BCUT2D eigenvalue weighted by atomic mass is 32.2. The molecule has 2 N–H and O–H groups in total. The molecule has 2 saturated heterocycles. The Hall–Kier alpha value is -3.30. The van der Waals surface area contributed by atoms with Gasteiger partial charge in [0.2, 0.25) is 16.8 Å². The van der Waals surface area contributed by atoms with Crippen LogP contribution < -0.4 is 14.8 Å². The lowest BCUT2D eigenvalue weighted by Gasteiger charge is -2.35. The summed E-state index contributed by atoms with van der Waals surface area (Å²) in [6.45, 7) is 5.94. The number of hydrogen-bond donors (Lipinski definition) is 2. The van der Waals surface area contributed by atoms with Crippen molar-refractivity contribution >= 4 is 16.1 Å². The molecule has 0 spiro atoms. The molecule has 6 atom stereocenters. The van der Waals surface area contributed by atoms with Gasteiger partial charge < -0.3 is 34.1 Å². The highest BCUT2D eigenvalue weighted by Crippen LogP contribution is 2.36. The molecule has 5 rings (SSSR count). The number of rotatable bonds is 15. The van der Waals surface area contributed by atoms with E-state index in [-0.39, 0.29) is 43.7 Å². The maximum absolute atomic E-state index is 14.2. The molecule has 1 amide bonds. The SMILES string of the molecule is CC(CCC(C)(C)CN(C[C@@H](O)[C@H](Cc1ccccc1)NC(=O)O[C@H]1CO[C@H]2OCC[C@H]21)S(=O)(=O)c1ccc2c(c1)OCO2)N=O. The Morgan fingerprint density at radius 2 is 1.91 bits per heavy atom. The molecule has 3 aliphatic heterocycles. The van der Waals surface area contributed by atoms with Crippen molar-refractivity contribution in [2.24, 2.45) is 16.5 Å². The van der Waals surface area contributed by atoms with Gasteiger partial charge in [-0.1, -0.05) is 49.4 Å². The topological polar surface area (TPSA) is 162 Å². The van der Waals surface area contributed by atoms with Gasteiger partial charge >= 0.3 is 6.09 Å². The number of hydrogen-bond acceptors (Lipinski definition) is 11. The number of carbonyl (C=O) groups is 1. The third-order valence-electron chi connectivity index (χ3n) is 8.71. The van der Waals surface area contributed by atoms with Crippen LogP contribution in [-0.2, 0) is 30.7 Å². The van der Waals surface area contributed by atoms with Gasteiger partial charge in [0.15, 0.2) is 17.8 Å². The summed E-state index contributed by atoms with van der Waals surface area (Å²) in [6.07, 6.45) is -1.04. The Labute approximate surface area is 269 Å². The molecular weight excluding hydrogens is 618 g/mol. The van der Waals surface area contributed by atoms with Crippen LogP contribution >= 0.6 is 0 Å². The normalized spacial score (nSPS) is 22.7. The van der Waals surface area contributed by atoms with E-state index in [1.807, 2.05) is 44.2 Å². The fourth-order valence-corrected chi connectivity index (χ4v) is 7.66. The van der Waals surface area contributed by atoms with E-state index >= 15 is 0 Å². The molecule has 14 heteroatoms. The van der Waals surface area contributed by atoms with Crippen molar-refractivity contribution in [1.82, 2.24) is 9.62 Å². The Morgan fingerprint density at radius 3 is 2.67 bits per heavy atom. The number of amides is 1. The molecule has 46 heavy (non-hydrogen) atoms. The van der Waals surface area contributed by atoms with E-state index in [2.05, 4.69) is 10.5 Å². The van der Waals surface area contributed by atoms with Gasteiger partial charge in [0.1, 0.15) is 6.10 Å². The monoisotopic (exact) mass is 661 g/mol. The Balaban J connectivity index is 1.38. The van der Waals surface area contributed by atoms with E-state index in [1.54, 1.807) is 6.92 Å². The number of benzene rings is 2. The summed E-state index contributed by atoms with van der Waals surface area (Å²) in [5.41, 5.74) is 0.243. The highest BCUT2D eigenvalue weighted by molar-refractivity contribution is 7.89. The molecule has 1 unspecified atom stereocenters. The molecule has 2 aromatic rings. The predicted octanol–water partition coefficient (Wildman–Crippen LogP) is 3.83. The molecule has 0 saturated carbocycles. The fourth-order valence-electron chi connectivity index (χ4n) is 6.00. The van der Waals surface area contributed by atoms with Gasteiger partial charge in [0.05, 0.1) is 42.2 Å². The van der Waals surface area contributed by atoms with E-state index in [9.17, 15) is 23.2 Å². The number of nitrogens with zero attached hydrogens (tertiary/aromatic N) is 2. The van der Waals surface area contributed by atoms with Crippen LogP contribution in [0.25, 0.3) is 0 Å². The zero-order valence-corrected chi connectivity index (χ0v) is 27.2. The van der Waals surface area contributed by atoms with Crippen LogP contribution in [0.4, 0.5) is 4.79 Å². The average molecular weight is 662 g/mol. The second kappa shape index (κ2) is 14.6. The molecule has 0 aliphatic carbocycles. The first kappa shape index (κ1) is 34.0. The summed E-state index contributed by atoms with van der Waals surface area (Å²) < 4.78 is 57.2. The van der Waals surface area contributed by atoms with Crippen molar-refractivity contribution in [2.45, 2.75) is 81.9 Å². The van der Waals surface area contributed by atoms with E-state index in [4.69, 9.17) is 23.7 Å². The van der Waals surface area contributed by atoms with Crippen LogP contribution in [-0.4, -0.2) is 87.6 Å². The van der Waals surface area contributed by atoms with Crippen molar-refractivity contribution in [3.63, 3.8) is 0 Å². The van der Waals surface area contributed by atoms with Gasteiger partial charge in [-0.3, -0.25) is 0 Å². The minimum atomic E-state index is -4.18. The second-order valence-corrected chi connectivity index (χ2v) is 14.9. The van der Waals surface area contributed by atoms with Crippen molar-refractivity contribution in [3.05, 3.63) is 59.0 Å². The second-order valence-electron chi connectivity index (χ2n) is 12.9.